The van der Waals surface area contributed by atoms with Gasteiger partial charge in [0.2, 0.25) is 10.0 Å². The van der Waals surface area contributed by atoms with E-state index in [1.807, 2.05) is 13.8 Å². The molecule has 0 saturated carbocycles. The van der Waals surface area contributed by atoms with Gasteiger partial charge >= 0.3 is 5.97 Å². The first-order chi connectivity index (χ1) is 12.2. The van der Waals surface area contributed by atoms with Crippen LogP contribution in [0.2, 0.25) is 0 Å². The van der Waals surface area contributed by atoms with Gasteiger partial charge in [0.1, 0.15) is 4.90 Å². The van der Waals surface area contributed by atoms with E-state index in [-0.39, 0.29) is 23.2 Å². The Hall–Kier alpha value is -1.68. The minimum Gasteiger partial charge on any atom is -0.478 e. The number of anilines is 1. The Balaban J connectivity index is 2.98. The fourth-order valence-corrected chi connectivity index (χ4v) is 3.69. The molecule has 0 aliphatic heterocycles. The van der Waals surface area contributed by atoms with Crippen molar-refractivity contribution in [1.82, 2.24) is 4.72 Å². The Bertz CT molecular complexity index is 690. The molecule has 0 aromatic heterocycles. The van der Waals surface area contributed by atoms with Gasteiger partial charge in [-0.25, -0.2) is 17.9 Å². The summed E-state index contributed by atoms with van der Waals surface area (Å²) in [6, 6.07) is 3.53. The van der Waals surface area contributed by atoms with Crippen molar-refractivity contribution in [3.63, 3.8) is 0 Å². The molecule has 0 saturated heterocycles. The zero-order valence-electron chi connectivity index (χ0n) is 15.6. The van der Waals surface area contributed by atoms with Crippen molar-refractivity contribution in [1.29, 1.82) is 0 Å². The Labute approximate surface area is 154 Å². The van der Waals surface area contributed by atoms with Crippen molar-refractivity contribution in [2.75, 3.05) is 32.2 Å². The smallest absolute Gasteiger partial charge is 0.335 e. The molecule has 1 unspecified atom stereocenters. The molecule has 1 aromatic carbocycles. The number of ether oxygens (including phenoxy) is 2. The number of carboxylic acids is 1. The Morgan fingerprint density at radius 3 is 2.54 bits per heavy atom. The lowest BCUT2D eigenvalue weighted by atomic mass is 10.2. The number of carbonyl (C=O) groups is 1. The predicted molar refractivity (Wildman–Crippen MR) is 99.3 cm³/mol. The molecular formula is C17H28N2O6S. The number of methoxy groups -OCH3 is 1. The molecular weight excluding hydrogens is 360 g/mol. The highest BCUT2D eigenvalue weighted by molar-refractivity contribution is 7.89. The van der Waals surface area contributed by atoms with Crippen LogP contribution in [0, 0.1) is 0 Å². The van der Waals surface area contributed by atoms with Crippen molar-refractivity contribution >= 4 is 21.7 Å². The first kappa shape index (κ1) is 22.4. The number of sulfonamides is 1. The van der Waals surface area contributed by atoms with Gasteiger partial charge in [-0.15, -0.1) is 0 Å². The summed E-state index contributed by atoms with van der Waals surface area (Å²) in [5, 5.41) is 12.2. The van der Waals surface area contributed by atoms with Crippen LogP contribution in [-0.4, -0.2) is 58.5 Å². The van der Waals surface area contributed by atoms with Crippen molar-refractivity contribution in [3.05, 3.63) is 23.8 Å². The van der Waals surface area contributed by atoms with Gasteiger partial charge in [-0.2, -0.15) is 0 Å². The summed E-state index contributed by atoms with van der Waals surface area (Å²) in [6.45, 7) is 6.79. The molecule has 8 nitrogen and oxygen atoms in total. The standard InChI is InChI=1S/C17H28N2O6S/c1-12(2)25-9-5-8-18-15-7-6-14(17(20)21)10-16(15)26(22,23)19-13(3)11-24-4/h6-7,10,12-13,18-19H,5,8-9,11H2,1-4H3,(H,20,21). The highest BCUT2D eigenvalue weighted by Crippen LogP contribution is 2.23. The molecule has 0 spiro atoms. The molecule has 0 aliphatic carbocycles. The maximum atomic E-state index is 12.7. The summed E-state index contributed by atoms with van der Waals surface area (Å²) in [4.78, 5) is 11.1. The van der Waals surface area contributed by atoms with E-state index in [2.05, 4.69) is 10.0 Å². The monoisotopic (exact) mass is 388 g/mol. The van der Waals surface area contributed by atoms with Gasteiger partial charge in [0.05, 0.1) is 24.0 Å². The fourth-order valence-electron chi connectivity index (χ4n) is 2.25. The van der Waals surface area contributed by atoms with Crippen molar-refractivity contribution in [2.24, 2.45) is 0 Å². The molecule has 0 bridgehead atoms. The highest BCUT2D eigenvalue weighted by Gasteiger charge is 2.22. The summed E-state index contributed by atoms with van der Waals surface area (Å²) in [5.41, 5.74) is 0.245. The summed E-state index contributed by atoms with van der Waals surface area (Å²) in [5.74, 6) is -1.19. The third-order valence-corrected chi connectivity index (χ3v) is 5.01. The van der Waals surface area contributed by atoms with E-state index in [4.69, 9.17) is 14.6 Å². The molecule has 0 heterocycles. The summed E-state index contributed by atoms with van der Waals surface area (Å²) >= 11 is 0. The quantitative estimate of drug-likeness (QED) is 0.469. The minimum atomic E-state index is -3.91. The van der Waals surface area contributed by atoms with E-state index >= 15 is 0 Å². The van der Waals surface area contributed by atoms with Gasteiger partial charge < -0.3 is 19.9 Å². The van der Waals surface area contributed by atoms with Gasteiger partial charge in [-0.3, -0.25) is 0 Å². The van der Waals surface area contributed by atoms with Crippen LogP contribution in [0.3, 0.4) is 0 Å². The number of aromatic carboxylic acids is 1. The highest BCUT2D eigenvalue weighted by atomic mass is 32.2. The summed E-state index contributed by atoms with van der Waals surface area (Å²) in [6.07, 6.45) is 0.818. The number of hydrogen-bond acceptors (Lipinski definition) is 6. The molecule has 0 aliphatic rings. The molecule has 26 heavy (non-hydrogen) atoms. The second kappa shape index (κ2) is 10.5. The number of hydrogen-bond donors (Lipinski definition) is 3. The number of carboxylic acid groups (broad SMARTS) is 1. The first-order valence-electron chi connectivity index (χ1n) is 8.41. The Kier molecular flexibility index (Phi) is 9.00. The van der Waals surface area contributed by atoms with E-state index < -0.39 is 22.0 Å². The zero-order valence-corrected chi connectivity index (χ0v) is 16.4. The van der Waals surface area contributed by atoms with Crippen LogP contribution >= 0.6 is 0 Å². The second-order valence-corrected chi connectivity index (χ2v) is 7.88. The predicted octanol–water partition coefficient (Wildman–Crippen LogP) is 1.92. The van der Waals surface area contributed by atoms with E-state index in [9.17, 15) is 13.2 Å². The third-order valence-electron chi connectivity index (χ3n) is 3.38. The minimum absolute atomic E-state index is 0.0986. The summed E-state index contributed by atoms with van der Waals surface area (Å²) in [7, 11) is -2.44. The van der Waals surface area contributed by atoms with Gasteiger partial charge in [0, 0.05) is 26.3 Å². The first-order valence-corrected chi connectivity index (χ1v) is 9.89. The van der Waals surface area contributed by atoms with Crippen LogP contribution in [0.4, 0.5) is 5.69 Å². The Morgan fingerprint density at radius 1 is 1.27 bits per heavy atom. The van der Waals surface area contributed by atoms with Gasteiger partial charge in [0.15, 0.2) is 0 Å². The van der Waals surface area contributed by atoms with Crippen LogP contribution in [0.5, 0.6) is 0 Å². The molecule has 9 heteroatoms. The zero-order chi connectivity index (χ0) is 19.7. The van der Waals surface area contributed by atoms with Crippen LogP contribution < -0.4 is 10.0 Å². The van der Waals surface area contributed by atoms with Gasteiger partial charge in [0.25, 0.3) is 0 Å². The lowest BCUT2D eigenvalue weighted by Gasteiger charge is -2.17. The largest absolute Gasteiger partial charge is 0.478 e. The topological polar surface area (TPSA) is 114 Å². The molecule has 1 aromatic rings. The van der Waals surface area contributed by atoms with E-state index in [0.717, 1.165) is 6.07 Å². The summed E-state index contributed by atoms with van der Waals surface area (Å²) < 4.78 is 38.2. The lowest BCUT2D eigenvalue weighted by molar-refractivity contribution is 0.0696. The van der Waals surface area contributed by atoms with Crippen molar-refractivity contribution in [3.8, 4) is 0 Å². The normalized spacial score (nSPS) is 13.0. The van der Waals surface area contributed by atoms with Crippen molar-refractivity contribution in [2.45, 2.75) is 44.2 Å². The molecule has 1 atom stereocenters. The van der Waals surface area contributed by atoms with E-state index in [0.29, 0.717) is 25.3 Å². The second-order valence-electron chi connectivity index (χ2n) is 6.19. The van der Waals surface area contributed by atoms with Crippen LogP contribution in [0.1, 0.15) is 37.6 Å². The SMILES string of the molecule is COCC(C)NS(=O)(=O)c1cc(C(=O)O)ccc1NCCCOC(C)C. The molecule has 3 N–H and O–H groups in total. The van der Waals surface area contributed by atoms with E-state index in [1.54, 1.807) is 6.92 Å². The number of nitrogens with one attached hydrogen (secondary N) is 2. The fraction of sp³-hybridized carbons (Fsp3) is 0.588. The van der Waals surface area contributed by atoms with Gasteiger partial charge in [-0.05, 0) is 45.4 Å². The molecule has 1 rings (SSSR count). The maximum absolute atomic E-state index is 12.7. The van der Waals surface area contributed by atoms with Gasteiger partial charge in [-0.1, -0.05) is 0 Å². The third kappa shape index (κ3) is 7.28. The average Bonchev–Trinajstić information content (AvgIpc) is 2.53. The average molecular weight is 388 g/mol. The number of benzene rings is 1. The molecule has 0 fully saturated rings. The molecule has 0 radical (unpaired) electrons. The Morgan fingerprint density at radius 2 is 1.96 bits per heavy atom. The van der Waals surface area contributed by atoms with Crippen LogP contribution in [0.15, 0.2) is 23.1 Å². The maximum Gasteiger partial charge on any atom is 0.335 e. The lowest BCUT2D eigenvalue weighted by Crippen LogP contribution is -2.36. The van der Waals surface area contributed by atoms with Crippen LogP contribution in [-0.2, 0) is 19.5 Å². The van der Waals surface area contributed by atoms with E-state index in [1.165, 1.54) is 19.2 Å². The van der Waals surface area contributed by atoms with Crippen LogP contribution in [0.25, 0.3) is 0 Å². The van der Waals surface area contributed by atoms with Crippen molar-refractivity contribution < 1.29 is 27.8 Å². The molecule has 0 amide bonds. The number of rotatable bonds is 12. The molecule has 148 valence electrons.